The molecule has 5 rings (SSSR count). The lowest BCUT2D eigenvalue weighted by molar-refractivity contribution is -0.117. The Morgan fingerprint density at radius 3 is 2.32 bits per heavy atom. The van der Waals surface area contributed by atoms with Crippen LogP contribution >= 0.6 is 0 Å². The molecule has 4 aromatic rings. The fourth-order valence-electron chi connectivity index (χ4n) is 4.96. The summed E-state index contributed by atoms with van der Waals surface area (Å²) in [6.45, 7) is 5.18. The Balaban J connectivity index is 1.48. The number of hydrogen-bond acceptors (Lipinski definition) is 6. The van der Waals surface area contributed by atoms with Gasteiger partial charge in [0.2, 0.25) is 17.6 Å². The summed E-state index contributed by atoms with van der Waals surface area (Å²) in [7, 11) is 1.74. The van der Waals surface area contributed by atoms with Crippen LogP contribution in [0.25, 0.3) is 22.5 Å². The van der Waals surface area contributed by atoms with Crippen molar-refractivity contribution in [1.82, 2.24) is 20.2 Å². The molecule has 0 saturated carbocycles. The predicted molar refractivity (Wildman–Crippen MR) is 144 cm³/mol. The maximum absolute atomic E-state index is 12.6. The third kappa shape index (κ3) is 5.06. The first-order chi connectivity index (χ1) is 17.8. The van der Waals surface area contributed by atoms with Crippen molar-refractivity contribution in [2.24, 2.45) is 7.05 Å². The lowest BCUT2D eigenvalue weighted by atomic mass is 9.88. The zero-order valence-corrected chi connectivity index (χ0v) is 21.3. The molecule has 0 saturated heterocycles. The third-order valence-corrected chi connectivity index (χ3v) is 6.53. The van der Waals surface area contributed by atoms with Crippen LogP contribution in [0.2, 0.25) is 0 Å². The summed E-state index contributed by atoms with van der Waals surface area (Å²) in [5.74, 6) is 0.487. The number of carbonyl (C=O) groups is 2. The van der Waals surface area contributed by atoms with Crippen LogP contribution in [0.15, 0.2) is 66.7 Å². The quantitative estimate of drug-likeness (QED) is 0.412. The van der Waals surface area contributed by atoms with Crippen molar-refractivity contribution in [2.75, 3.05) is 15.5 Å². The fraction of sp³-hybridized carbons (Fsp3) is 0.250. The number of aromatic nitrogens is 4. The van der Waals surface area contributed by atoms with Crippen LogP contribution in [0.5, 0.6) is 0 Å². The molecule has 188 valence electrons. The van der Waals surface area contributed by atoms with Crippen molar-refractivity contribution < 1.29 is 9.59 Å². The highest BCUT2D eigenvalue weighted by atomic mass is 16.2. The average molecular weight is 496 g/mol. The number of fused-ring (bicyclic) bond motifs is 1. The minimum Gasteiger partial charge on any atom is -0.378 e. The summed E-state index contributed by atoms with van der Waals surface area (Å²) in [6, 6.07) is 21.9. The van der Waals surface area contributed by atoms with Gasteiger partial charge in [0.1, 0.15) is 0 Å². The molecule has 9 heteroatoms. The van der Waals surface area contributed by atoms with Crippen molar-refractivity contribution in [3.8, 4) is 22.5 Å². The van der Waals surface area contributed by atoms with E-state index in [1.807, 2.05) is 65.6 Å². The van der Waals surface area contributed by atoms with E-state index in [0.717, 1.165) is 45.7 Å². The molecule has 2 amide bonds. The summed E-state index contributed by atoms with van der Waals surface area (Å²) in [5.41, 5.74) is 6.56. The van der Waals surface area contributed by atoms with Crippen LogP contribution in [0.3, 0.4) is 0 Å². The van der Waals surface area contributed by atoms with Crippen LogP contribution in [0.4, 0.5) is 17.1 Å². The highest BCUT2D eigenvalue weighted by Gasteiger charge is 2.32. The van der Waals surface area contributed by atoms with E-state index in [-0.39, 0.29) is 23.9 Å². The Hall–Kier alpha value is -4.53. The van der Waals surface area contributed by atoms with Gasteiger partial charge in [0.25, 0.3) is 0 Å². The average Bonchev–Trinajstić information content (AvgIpc) is 3.30. The van der Waals surface area contributed by atoms with Crippen molar-refractivity contribution in [1.29, 1.82) is 0 Å². The van der Waals surface area contributed by atoms with Crippen molar-refractivity contribution in [3.63, 3.8) is 0 Å². The Morgan fingerprint density at radius 1 is 0.919 bits per heavy atom. The second-order valence-electron chi connectivity index (χ2n) is 9.39. The molecule has 0 aliphatic carbocycles. The molecule has 2 heterocycles. The largest absolute Gasteiger partial charge is 0.378 e. The second-order valence-corrected chi connectivity index (χ2v) is 9.39. The molecule has 0 spiro atoms. The van der Waals surface area contributed by atoms with Crippen LogP contribution in [-0.4, -0.2) is 38.1 Å². The summed E-state index contributed by atoms with van der Waals surface area (Å²) < 4.78 is 0. The minimum absolute atomic E-state index is 0.000399. The van der Waals surface area contributed by atoms with Gasteiger partial charge in [-0.15, -0.1) is 10.2 Å². The number of carbonyl (C=O) groups excluding carboxylic acids is 2. The molecule has 0 bridgehead atoms. The summed E-state index contributed by atoms with van der Waals surface area (Å²) in [5, 5.41) is 18.8. The van der Waals surface area contributed by atoms with E-state index in [9.17, 15) is 9.59 Å². The molecular weight excluding hydrogens is 466 g/mol. The summed E-state index contributed by atoms with van der Waals surface area (Å²) in [4.78, 5) is 27.4. The first-order valence-corrected chi connectivity index (χ1v) is 12.2. The van der Waals surface area contributed by atoms with E-state index in [4.69, 9.17) is 0 Å². The maximum atomic E-state index is 12.6. The van der Waals surface area contributed by atoms with Crippen molar-refractivity contribution >= 4 is 28.9 Å². The first kappa shape index (κ1) is 24.2. The van der Waals surface area contributed by atoms with E-state index in [1.54, 1.807) is 14.0 Å². The van der Waals surface area contributed by atoms with Gasteiger partial charge in [-0.25, -0.2) is 0 Å². The Labute approximate surface area is 215 Å². The van der Waals surface area contributed by atoms with Gasteiger partial charge in [-0.3, -0.25) is 9.59 Å². The van der Waals surface area contributed by atoms with E-state index in [1.165, 1.54) is 11.7 Å². The van der Waals surface area contributed by atoms with Gasteiger partial charge >= 0.3 is 0 Å². The Morgan fingerprint density at radius 2 is 1.65 bits per heavy atom. The number of nitrogens with one attached hydrogen (secondary N) is 2. The number of tetrazole rings is 1. The van der Waals surface area contributed by atoms with E-state index >= 15 is 0 Å². The molecule has 0 fully saturated rings. The van der Waals surface area contributed by atoms with E-state index in [0.29, 0.717) is 5.82 Å². The fourth-order valence-corrected chi connectivity index (χ4v) is 4.96. The molecule has 1 aliphatic rings. The monoisotopic (exact) mass is 495 g/mol. The number of rotatable bonds is 5. The topological polar surface area (TPSA) is 105 Å². The summed E-state index contributed by atoms with van der Waals surface area (Å²) in [6.07, 6.45) is 0.759. The Kier molecular flexibility index (Phi) is 6.43. The molecule has 9 nitrogen and oxygen atoms in total. The number of nitrogens with zero attached hydrogens (tertiary/aromatic N) is 5. The van der Waals surface area contributed by atoms with Gasteiger partial charge in [0.05, 0.1) is 13.1 Å². The normalized spacial score (nSPS) is 16.7. The number of anilines is 3. The van der Waals surface area contributed by atoms with Crippen LogP contribution in [-0.2, 0) is 16.6 Å². The van der Waals surface area contributed by atoms with E-state index < -0.39 is 0 Å². The number of aryl methyl sites for hydroxylation is 1. The molecule has 2 N–H and O–H groups in total. The van der Waals surface area contributed by atoms with E-state index in [2.05, 4.69) is 39.0 Å². The summed E-state index contributed by atoms with van der Waals surface area (Å²) >= 11 is 0. The van der Waals surface area contributed by atoms with Gasteiger partial charge < -0.3 is 15.5 Å². The van der Waals surface area contributed by atoms with Crippen LogP contribution in [0.1, 0.15) is 38.8 Å². The second kappa shape index (κ2) is 9.85. The zero-order valence-electron chi connectivity index (χ0n) is 21.3. The van der Waals surface area contributed by atoms with Crippen LogP contribution < -0.4 is 15.5 Å². The highest BCUT2D eigenvalue weighted by molar-refractivity contribution is 5.94. The van der Waals surface area contributed by atoms with Gasteiger partial charge in [0, 0.05) is 42.5 Å². The molecule has 2 atom stereocenters. The predicted octanol–water partition coefficient (Wildman–Crippen LogP) is 4.80. The standard InChI is InChI=1S/C28H29N7O2/c1-17-14-26(30-23-11-8-20(9-12-23)28-31-33-34(4)32-28)25-16-22(10-13-27(25)35(17)19(3)37)21-6-5-7-24(15-21)29-18(2)36/h5-13,15-17,26,30H,14H2,1-4H3,(H,29,36)/t17-,26+/m0/s1. The zero-order chi connectivity index (χ0) is 26.1. The molecule has 1 aliphatic heterocycles. The lowest BCUT2D eigenvalue weighted by Gasteiger charge is -2.39. The van der Waals surface area contributed by atoms with Crippen molar-refractivity contribution in [2.45, 2.75) is 39.3 Å². The maximum Gasteiger partial charge on any atom is 0.224 e. The smallest absolute Gasteiger partial charge is 0.224 e. The van der Waals surface area contributed by atoms with Gasteiger partial charge in [-0.1, -0.05) is 18.2 Å². The number of benzene rings is 3. The lowest BCUT2D eigenvalue weighted by Crippen LogP contribution is -2.43. The van der Waals surface area contributed by atoms with Gasteiger partial charge in [-0.2, -0.15) is 4.80 Å². The van der Waals surface area contributed by atoms with Crippen molar-refractivity contribution in [3.05, 3.63) is 72.3 Å². The molecular formula is C28H29N7O2. The minimum atomic E-state index is -0.112. The van der Waals surface area contributed by atoms with Gasteiger partial charge in [0.15, 0.2) is 0 Å². The molecule has 0 radical (unpaired) electrons. The van der Waals surface area contributed by atoms with Crippen LogP contribution in [0, 0.1) is 0 Å². The third-order valence-electron chi connectivity index (χ3n) is 6.53. The Bertz CT molecular complexity index is 1460. The molecule has 0 unspecified atom stereocenters. The highest BCUT2D eigenvalue weighted by Crippen LogP contribution is 2.41. The number of amides is 2. The molecule has 1 aromatic heterocycles. The molecule has 3 aromatic carbocycles. The molecule has 37 heavy (non-hydrogen) atoms. The first-order valence-electron chi connectivity index (χ1n) is 12.2. The number of hydrogen-bond donors (Lipinski definition) is 2. The van der Waals surface area contributed by atoms with Gasteiger partial charge in [-0.05, 0) is 83.8 Å². The SMILES string of the molecule is CC(=O)Nc1cccc(-c2ccc3c(c2)[C@H](Nc2ccc(-c4nnn(C)n4)cc2)C[C@H](C)N3C(C)=O)c1.